The third kappa shape index (κ3) is 4.27. The van der Waals surface area contributed by atoms with Crippen LogP contribution in [0.15, 0.2) is 36.5 Å². The number of nitrogens with zero attached hydrogens (tertiary/aromatic N) is 4. The summed E-state index contributed by atoms with van der Waals surface area (Å²) in [7, 11) is 1.10. The lowest BCUT2D eigenvalue weighted by Gasteiger charge is -2.04. The van der Waals surface area contributed by atoms with Gasteiger partial charge in [0.05, 0.1) is 6.54 Å². The second-order valence-corrected chi connectivity index (χ2v) is 6.03. The van der Waals surface area contributed by atoms with Crippen molar-refractivity contribution in [2.24, 2.45) is 7.05 Å². The van der Waals surface area contributed by atoms with Crippen LogP contribution in [0.1, 0.15) is 21.7 Å². The molecule has 0 aliphatic carbocycles. The summed E-state index contributed by atoms with van der Waals surface area (Å²) in [6, 6.07) is 6.05. The number of rotatable bonds is 4. The highest BCUT2D eigenvalue weighted by Gasteiger charge is 2.35. The second kappa shape index (κ2) is 7.03. The van der Waals surface area contributed by atoms with Crippen LogP contribution < -0.4 is 5.32 Å². The molecule has 0 aliphatic heterocycles. The van der Waals surface area contributed by atoms with Crippen LogP contribution in [0.4, 0.5) is 23.4 Å². The standard InChI is InChI=1S/C16H12ClF4N5O/c1-25-13(16(19,20)21)7-12(23-25)15(27)22-14-4-5-26(24-14)8-9-2-3-10(18)6-11(9)17/h2-7H,8H2,1H3,(H,22,24,27). The van der Waals surface area contributed by atoms with Crippen LogP contribution in [-0.4, -0.2) is 25.5 Å². The second-order valence-electron chi connectivity index (χ2n) is 5.62. The fraction of sp³-hybridized carbons (Fsp3) is 0.188. The van der Waals surface area contributed by atoms with Gasteiger partial charge in [-0.1, -0.05) is 17.7 Å². The first-order valence-corrected chi connectivity index (χ1v) is 7.91. The summed E-state index contributed by atoms with van der Waals surface area (Å²) < 4.78 is 53.4. The molecule has 3 aromatic rings. The van der Waals surface area contributed by atoms with Crippen molar-refractivity contribution in [3.05, 3.63) is 64.3 Å². The molecule has 27 heavy (non-hydrogen) atoms. The molecule has 0 fully saturated rings. The lowest BCUT2D eigenvalue weighted by atomic mass is 10.2. The fourth-order valence-corrected chi connectivity index (χ4v) is 2.59. The van der Waals surface area contributed by atoms with Crippen LogP contribution in [0, 0.1) is 5.82 Å². The number of alkyl halides is 3. The van der Waals surface area contributed by atoms with Crippen molar-refractivity contribution in [2.75, 3.05) is 5.32 Å². The molecule has 142 valence electrons. The van der Waals surface area contributed by atoms with E-state index in [4.69, 9.17) is 11.6 Å². The molecule has 11 heteroatoms. The molecule has 0 bridgehead atoms. The molecule has 0 saturated carbocycles. The summed E-state index contributed by atoms with van der Waals surface area (Å²) in [5.74, 6) is -1.17. The summed E-state index contributed by atoms with van der Waals surface area (Å²) >= 11 is 5.95. The first-order valence-electron chi connectivity index (χ1n) is 7.53. The molecule has 0 aliphatic rings. The van der Waals surface area contributed by atoms with Gasteiger partial charge in [-0.15, -0.1) is 0 Å². The molecular weight excluding hydrogens is 390 g/mol. The molecule has 1 N–H and O–H groups in total. The molecule has 1 aromatic carbocycles. The number of halogens is 5. The SMILES string of the molecule is Cn1nc(C(=O)Nc2ccn(Cc3ccc(F)cc3Cl)n2)cc1C(F)(F)F. The Morgan fingerprint density at radius 1 is 1.22 bits per heavy atom. The highest BCUT2D eigenvalue weighted by atomic mass is 35.5. The van der Waals surface area contributed by atoms with Gasteiger partial charge in [0.25, 0.3) is 5.91 Å². The zero-order valence-corrected chi connectivity index (χ0v) is 14.5. The average molecular weight is 402 g/mol. The first-order chi connectivity index (χ1) is 12.6. The van der Waals surface area contributed by atoms with Crippen LogP contribution >= 0.6 is 11.6 Å². The number of aryl methyl sites for hydroxylation is 1. The first kappa shape index (κ1) is 18.9. The number of carbonyl (C=O) groups is 1. The maximum Gasteiger partial charge on any atom is 0.433 e. The van der Waals surface area contributed by atoms with Crippen molar-refractivity contribution in [3.63, 3.8) is 0 Å². The average Bonchev–Trinajstić information content (AvgIpc) is 3.16. The van der Waals surface area contributed by atoms with Crippen molar-refractivity contribution in [1.29, 1.82) is 0 Å². The highest BCUT2D eigenvalue weighted by Crippen LogP contribution is 2.29. The molecule has 0 radical (unpaired) electrons. The maximum atomic E-state index is 13.1. The van der Waals surface area contributed by atoms with E-state index in [9.17, 15) is 22.4 Å². The van der Waals surface area contributed by atoms with E-state index in [-0.39, 0.29) is 23.1 Å². The summed E-state index contributed by atoms with van der Waals surface area (Å²) in [6.07, 6.45) is -3.08. The molecule has 0 spiro atoms. The third-order valence-corrected chi connectivity index (χ3v) is 3.98. The molecule has 2 heterocycles. The zero-order chi connectivity index (χ0) is 19.8. The van der Waals surface area contributed by atoms with Crippen molar-refractivity contribution < 1.29 is 22.4 Å². The summed E-state index contributed by atoms with van der Waals surface area (Å²) in [5, 5.41) is 10.3. The lowest BCUT2D eigenvalue weighted by molar-refractivity contribution is -0.143. The van der Waals surface area contributed by atoms with Crippen molar-refractivity contribution in [3.8, 4) is 0 Å². The number of benzene rings is 1. The predicted molar refractivity (Wildman–Crippen MR) is 88.9 cm³/mol. The van der Waals surface area contributed by atoms with E-state index >= 15 is 0 Å². The van der Waals surface area contributed by atoms with Gasteiger partial charge in [-0.25, -0.2) is 4.39 Å². The number of hydrogen-bond acceptors (Lipinski definition) is 3. The molecule has 0 unspecified atom stereocenters. The Bertz CT molecular complexity index is 995. The predicted octanol–water partition coefficient (Wildman–Crippen LogP) is 3.73. The number of aromatic nitrogens is 4. The van der Waals surface area contributed by atoms with E-state index in [1.54, 1.807) is 0 Å². The van der Waals surface area contributed by atoms with Crippen LogP contribution in [0.2, 0.25) is 5.02 Å². The van der Waals surface area contributed by atoms with Gasteiger partial charge in [-0.2, -0.15) is 23.4 Å². The molecule has 1 amide bonds. The van der Waals surface area contributed by atoms with E-state index in [0.29, 0.717) is 16.3 Å². The quantitative estimate of drug-likeness (QED) is 0.677. The monoisotopic (exact) mass is 401 g/mol. The van der Waals surface area contributed by atoms with Gasteiger partial charge in [0.1, 0.15) is 11.5 Å². The van der Waals surface area contributed by atoms with E-state index < -0.39 is 23.6 Å². The topological polar surface area (TPSA) is 64.7 Å². The Kier molecular flexibility index (Phi) is 4.92. The minimum absolute atomic E-state index is 0.123. The molecule has 0 atom stereocenters. The van der Waals surface area contributed by atoms with Gasteiger partial charge < -0.3 is 5.32 Å². The number of anilines is 1. The Balaban J connectivity index is 1.71. The van der Waals surface area contributed by atoms with Crippen LogP contribution in [-0.2, 0) is 19.8 Å². The van der Waals surface area contributed by atoms with Gasteiger partial charge >= 0.3 is 6.18 Å². The number of hydrogen-bond donors (Lipinski definition) is 1. The Morgan fingerprint density at radius 3 is 2.59 bits per heavy atom. The van der Waals surface area contributed by atoms with Crippen LogP contribution in [0.3, 0.4) is 0 Å². The van der Waals surface area contributed by atoms with Gasteiger partial charge in [-0.05, 0) is 17.7 Å². The number of carbonyl (C=O) groups excluding carboxylic acids is 1. The van der Waals surface area contributed by atoms with E-state index in [1.807, 2.05) is 0 Å². The Morgan fingerprint density at radius 2 is 1.96 bits per heavy atom. The number of amides is 1. The summed E-state index contributed by atoms with van der Waals surface area (Å²) in [4.78, 5) is 12.1. The zero-order valence-electron chi connectivity index (χ0n) is 13.8. The van der Waals surface area contributed by atoms with Crippen molar-refractivity contribution in [2.45, 2.75) is 12.7 Å². The Labute approximate surface area is 155 Å². The largest absolute Gasteiger partial charge is 0.433 e. The molecular formula is C16H12ClF4N5O. The maximum absolute atomic E-state index is 13.1. The molecule has 2 aromatic heterocycles. The third-order valence-electron chi connectivity index (χ3n) is 3.63. The van der Waals surface area contributed by atoms with Crippen LogP contribution in [0.25, 0.3) is 0 Å². The minimum atomic E-state index is -4.61. The number of nitrogens with one attached hydrogen (secondary N) is 1. The van der Waals surface area contributed by atoms with Crippen molar-refractivity contribution >= 4 is 23.3 Å². The van der Waals surface area contributed by atoms with Gasteiger partial charge in [0, 0.05) is 30.4 Å². The van der Waals surface area contributed by atoms with E-state index in [0.717, 1.165) is 7.05 Å². The summed E-state index contributed by atoms with van der Waals surface area (Å²) in [6.45, 7) is 0.219. The molecule has 6 nitrogen and oxygen atoms in total. The summed E-state index contributed by atoms with van der Waals surface area (Å²) in [5.41, 5.74) is -0.816. The van der Waals surface area contributed by atoms with Gasteiger partial charge in [0.15, 0.2) is 11.5 Å². The van der Waals surface area contributed by atoms with E-state index in [1.165, 1.54) is 35.1 Å². The van der Waals surface area contributed by atoms with Crippen molar-refractivity contribution in [1.82, 2.24) is 19.6 Å². The normalized spacial score (nSPS) is 11.6. The minimum Gasteiger partial charge on any atom is -0.304 e. The van der Waals surface area contributed by atoms with Crippen LogP contribution in [0.5, 0.6) is 0 Å². The van der Waals surface area contributed by atoms with Gasteiger partial charge in [-0.3, -0.25) is 14.2 Å². The molecule has 3 rings (SSSR count). The lowest BCUT2D eigenvalue weighted by Crippen LogP contribution is -2.14. The van der Waals surface area contributed by atoms with E-state index in [2.05, 4.69) is 15.5 Å². The fourth-order valence-electron chi connectivity index (χ4n) is 2.36. The highest BCUT2D eigenvalue weighted by molar-refractivity contribution is 6.31. The Hall–Kier alpha value is -2.88. The molecule has 0 saturated heterocycles. The smallest absolute Gasteiger partial charge is 0.304 e. The van der Waals surface area contributed by atoms with Gasteiger partial charge in [0.2, 0.25) is 0 Å².